The smallest absolute Gasteiger partial charge is 0.133 e. The summed E-state index contributed by atoms with van der Waals surface area (Å²) in [5.41, 5.74) is 3.14. The molecule has 1 fully saturated rings. The number of carbonyl (C=O) groups excluding carboxylic acids is 1. The molecule has 0 aromatic heterocycles. The predicted molar refractivity (Wildman–Crippen MR) is 90.1 cm³/mol. The van der Waals surface area contributed by atoms with Gasteiger partial charge in [0.1, 0.15) is 5.78 Å². The molecular formula is C21H18O. The van der Waals surface area contributed by atoms with Crippen LogP contribution in [0.5, 0.6) is 0 Å². The molecule has 0 saturated heterocycles. The fraction of sp³-hybridized carbons (Fsp3) is 0.190. The van der Waals surface area contributed by atoms with Gasteiger partial charge in [0.25, 0.3) is 0 Å². The van der Waals surface area contributed by atoms with Gasteiger partial charge in [-0.1, -0.05) is 66.4 Å². The molecule has 0 bridgehead atoms. The van der Waals surface area contributed by atoms with Crippen molar-refractivity contribution in [2.24, 2.45) is 5.92 Å². The summed E-state index contributed by atoms with van der Waals surface area (Å²) in [6.45, 7) is 0. The van der Waals surface area contributed by atoms with Crippen molar-refractivity contribution in [2.75, 3.05) is 0 Å². The maximum absolute atomic E-state index is 11.5. The van der Waals surface area contributed by atoms with Gasteiger partial charge in [0.15, 0.2) is 0 Å². The Morgan fingerprint density at radius 3 is 2.32 bits per heavy atom. The van der Waals surface area contributed by atoms with E-state index in [0.717, 1.165) is 23.1 Å². The number of ketones is 1. The standard InChI is InChI=1S/C21H18O/c22-21-14-12-18(16-21)15-20(19-9-5-2-6-10-19)13-11-17-7-3-1-4-8-17/h1-10,15,18H,12,14,16H2/b20-15-. The highest BCUT2D eigenvalue weighted by atomic mass is 16.1. The summed E-state index contributed by atoms with van der Waals surface area (Å²) < 4.78 is 0. The molecule has 0 heterocycles. The van der Waals surface area contributed by atoms with E-state index in [0.29, 0.717) is 24.5 Å². The van der Waals surface area contributed by atoms with E-state index in [2.05, 4.69) is 30.0 Å². The molecule has 1 nitrogen and oxygen atoms in total. The van der Waals surface area contributed by atoms with Crippen LogP contribution < -0.4 is 0 Å². The average Bonchev–Trinajstić information content (AvgIpc) is 2.98. The van der Waals surface area contributed by atoms with Gasteiger partial charge in [-0.15, -0.1) is 0 Å². The molecule has 1 heteroatoms. The van der Waals surface area contributed by atoms with Crippen LogP contribution in [-0.2, 0) is 4.79 Å². The molecule has 0 radical (unpaired) electrons. The Morgan fingerprint density at radius 2 is 1.68 bits per heavy atom. The van der Waals surface area contributed by atoms with Crippen LogP contribution in [0.15, 0.2) is 66.7 Å². The highest BCUT2D eigenvalue weighted by molar-refractivity contribution is 5.83. The first-order valence-electron chi connectivity index (χ1n) is 7.67. The molecule has 3 rings (SSSR count). The highest BCUT2D eigenvalue weighted by Gasteiger charge is 2.20. The van der Waals surface area contributed by atoms with Gasteiger partial charge in [-0.2, -0.15) is 0 Å². The van der Waals surface area contributed by atoms with Crippen LogP contribution >= 0.6 is 0 Å². The molecule has 22 heavy (non-hydrogen) atoms. The van der Waals surface area contributed by atoms with E-state index >= 15 is 0 Å². The van der Waals surface area contributed by atoms with E-state index in [-0.39, 0.29) is 0 Å². The fourth-order valence-corrected chi connectivity index (χ4v) is 2.71. The zero-order valence-electron chi connectivity index (χ0n) is 12.5. The third-order valence-corrected chi connectivity index (χ3v) is 3.89. The molecule has 1 unspecified atom stereocenters. The second-order valence-corrected chi connectivity index (χ2v) is 5.60. The second kappa shape index (κ2) is 6.91. The number of carbonyl (C=O) groups is 1. The maximum atomic E-state index is 11.5. The number of rotatable bonds is 2. The first-order valence-corrected chi connectivity index (χ1v) is 7.67. The number of hydrogen-bond donors (Lipinski definition) is 0. The van der Waals surface area contributed by atoms with Crippen LogP contribution in [0.4, 0.5) is 0 Å². The Labute approximate surface area is 131 Å². The van der Waals surface area contributed by atoms with Crippen molar-refractivity contribution in [1.82, 2.24) is 0 Å². The van der Waals surface area contributed by atoms with Gasteiger partial charge < -0.3 is 0 Å². The summed E-state index contributed by atoms with van der Waals surface area (Å²) in [5, 5.41) is 0. The predicted octanol–water partition coefficient (Wildman–Crippen LogP) is 4.49. The molecule has 1 aliphatic carbocycles. The average molecular weight is 286 g/mol. The summed E-state index contributed by atoms with van der Waals surface area (Å²) in [6.07, 6.45) is 4.48. The van der Waals surface area contributed by atoms with Crippen LogP contribution in [0.2, 0.25) is 0 Å². The molecule has 0 aliphatic heterocycles. The van der Waals surface area contributed by atoms with Gasteiger partial charge in [0.05, 0.1) is 0 Å². The number of Topliss-reactive ketones (excluding diaryl/α,β-unsaturated/α-hetero) is 1. The van der Waals surface area contributed by atoms with Crippen molar-refractivity contribution < 1.29 is 4.79 Å². The zero-order valence-corrected chi connectivity index (χ0v) is 12.5. The van der Waals surface area contributed by atoms with Gasteiger partial charge in [-0.25, -0.2) is 0 Å². The van der Waals surface area contributed by atoms with Crippen LogP contribution in [0.3, 0.4) is 0 Å². The minimum Gasteiger partial charge on any atom is -0.300 e. The molecule has 1 saturated carbocycles. The Hall–Kier alpha value is -2.59. The zero-order chi connectivity index (χ0) is 15.2. The lowest BCUT2D eigenvalue weighted by atomic mass is 9.98. The SMILES string of the molecule is O=C1CCC(/C=C(/C#Cc2ccccc2)c2ccccc2)C1. The maximum Gasteiger partial charge on any atom is 0.133 e. The van der Waals surface area contributed by atoms with Crippen LogP contribution in [-0.4, -0.2) is 5.78 Å². The lowest BCUT2D eigenvalue weighted by Gasteiger charge is -2.05. The molecule has 1 atom stereocenters. The van der Waals surface area contributed by atoms with Crippen molar-refractivity contribution in [3.63, 3.8) is 0 Å². The van der Waals surface area contributed by atoms with Gasteiger partial charge in [0, 0.05) is 24.0 Å². The van der Waals surface area contributed by atoms with Crippen molar-refractivity contribution in [3.8, 4) is 11.8 Å². The van der Waals surface area contributed by atoms with Gasteiger partial charge in [-0.3, -0.25) is 4.79 Å². The summed E-state index contributed by atoms with van der Waals surface area (Å²) in [7, 11) is 0. The lowest BCUT2D eigenvalue weighted by Crippen LogP contribution is -1.93. The van der Waals surface area contributed by atoms with E-state index in [1.54, 1.807) is 0 Å². The molecule has 0 N–H and O–H groups in total. The summed E-state index contributed by atoms with van der Waals surface area (Å²) in [4.78, 5) is 11.5. The van der Waals surface area contributed by atoms with E-state index in [9.17, 15) is 4.79 Å². The van der Waals surface area contributed by atoms with E-state index in [1.807, 2.05) is 48.5 Å². The number of hydrogen-bond acceptors (Lipinski definition) is 1. The monoisotopic (exact) mass is 286 g/mol. The Kier molecular flexibility index (Phi) is 4.51. The Bertz CT molecular complexity index is 730. The van der Waals surface area contributed by atoms with Crippen LogP contribution in [0.25, 0.3) is 5.57 Å². The quantitative estimate of drug-likeness (QED) is 0.743. The first kappa shape index (κ1) is 14.4. The summed E-state index contributed by atoms with van der Waals surface area (Å²) in [6, 6.07) is 20.2. The topological polar surface area (TPSA) is 17.1 Å². The van der Waals surface area contributed by atoms with Gasteiger partial charge in [0.2, 0.25) is 0 Å². The Morgan fingerprint density at radius 1 is 1.00 bits per heavy atom. The van der Waals surface area contributed by atoms with Crippen molar-refractivity contribution in [3.05, 3.63) is 77.9 Å². The second-order valence-electron chi connectivity index (χ2n) is 5.60. The third-order valence-electron chi connectivity index (χ3n) is 3.89. The van der Waals surface area contributed by atoms with E-state index in [1.165, 1.54) is 0 Å². The number of allylic oxidation sites excluding steroid dienone is 2. The van der Waals surface area contributed by atoms with Crippen molar-refractivity contribution in [1.29, 1.82) is 0 Å². The fourth-order valence-electron chi connectivity index (χ4n) is 2.71. The Balaban J connectivity index is 1.92. The van der Waals surface area contributed by atoms with Crippen LogP contribution in [0.1, 0.15) is 30.4 Å². The molecule has 1 aliphatic rings. The molecule has 2 aromatic rings. The third kappa shape index (κ3) is 3.74. The largest absolute Gasteiger partial charge is 0.300 e. The van der Waals surface area contributed by atoms with Crippen molar-refractivity contribution >= 4 is 11.4 Å². The van der Waals surface area contributed by atoms with Crippen molar-refractivity contribution in [2.45, 2.75) is 19.3 Å². The molecule has 108 valence electrons. The molecule has 2 aromatic carbocycles. The van der Waals surface area contributed by atoms with Gasteiger partial charge in [-0.05, 0) is 30.0 Å². The van der Waals surface area contributed by atoms with E-state index < -0.39 is 0 Å². The van der Waals surface area contributed by atoms with E-state index in [4.69, 9.17) is 0 Å². The molecular weight excluding hydrogens is 268 g/mol. The highest BCUT2D eigenvalue weighted by Crippen LogP contribution is 2.27. The minimum atomic E-state index is 0.327. The first-order chi connectivity index (χ1) is 10.8. The lowest BCUT2D eigenvalue weighted by molar-refractivity contribution is -0.117. The van der Waals surface area contributed by atoms with Gasteiger partial charge >= 0.3 is 0 Å². The minimum absolute atomic E-state index is 0.327. The molecule has 0 amide bonds. The van der Waals surface area contributed by atoms with Crippen LogP contribution in [0, 0.1) is 17.8 Å². The molecule has 0 spiro atoms. The summed E-state index contributed by atoms with van der Waals surface area (Å²) in [5.74, 6) is 7.21. The normalized spacial score (nSPS) is 17.9. The number of benzene rings is 2. The summed E-state index contributed by atoms with van der Waals surface area (Å²) >= 11 is 0.